The van der Waals surface area contributed by atoms with Gasteiger partial charge in [0.15, 0.2) is 11.5 Å². The number of halogens is 3. The number of carbonyl (C=O) groups excluding carboxylic acids is 1. The van der Waals surface area contributed by atoms with Gasteiger partial charge in [-0.25, -0.2) is 9.97 Å². The molecule has 3 aromatic rings. The molecule has 0 unspecified atom stereocenters. The Morgan fingerprint density at radius 1 is 1.20 bits per heavy atom. The van der Waals surface area contributed by atoms with Gasteiger partial charge in [-0.15, -0.1) is 20.1 Å². The van der Waals surface area contributed by atoms with Crippen LogP contribution in [0.4, 0.5) is 26.0 Å². The number of aromatic nitrogens is 2. The zero-order chi connectivity index (χ0) is 21.3. The van der Waals surface area contributed by atoms with Gasteiger partial charge in [0.25, 0.3) is 5.91 Å². The summed E-state index contributed by atoms with van der Waals surface area (Å²) >= 11 is 7.13. The fourth-order valence-electron chi connectivity index (χ4n) is 2.71. The van der Waals surface area contributed by atoms with Gasteiger partial charge in [-0.3, -0.25) is 4.79 Å². The third-order valence-corrected chi connectivity index (χ3v) is 5.08. The number of benzene rings is 1. The van der Waals surface area contributed by atoms with Gasteiger partial charge >= 0.3 is 6.29 Å². The predicted molar refractivity (Wildman–Crippen MR) is 109 cm³/mol. The number of nitrogens with zero attached hydrogens (tertiary/aromatic N) is 2. The van der Waals surface area contributed by atoms with E-state index in [0.717, 1.165) is 0 Å². The lowest BCUT2D eigenvalue weighted by Gasteiger charge is -2.09. The Labute approximate surface area is 178 Å². The van der Waals surface area contributed by atoms with Crippen LogP contribution in [0.3, 0.4) is 0 Å². The summed E-state index contributed by atoms with van der Waals surface area (Å²) in [6, 6.07) is 7.51. The van der Waals surface area contributed by atoms with Crippen LogP contribution < -0.4 is 25.4 Å². The van der Waals surface area contributed by atoms with Crippen molar-refractivity contribution in [3.8, 4) is 11.5 Å². The van der Waals surface area contributed by atoms with Gasteiger partial charge in [-0.05, 0) is 35.2 Å². The molecule has 0 radical (unpaired) electrons. The standard InChI is InChI=1S/C18H14ClF2N5O3S/c1-22-14-7-10(25-17(19)26-14)8-23-11-4-5-30-15(11)16(27)24-9-2-3-12-13(6-9)29-18(20,21)28-12/h2-7,23H,8H2,1H3,(H,24,27)(H,22,25,26). The molecule has 1 aromatic carbocycles. The van der Waals surface area contributed by atoms with Gasteiger partial charge in [-0.2, -0.15) is 0 Å². The SMILES string of the molecule is CNc1cc(CNc2ccsc2C(=O)Nc2ccc3c(c2)OC(F)(F)O3)nc(Cl)n1. The van der Waals surface area contributed by atoms with E-state index in [1.54, 1.807) is 24.6 Å². The maximum absolute atomic E-state index is 13.1. The molecule has 1 aliphatic rings. The number of thiophene rings is 1. The van der Waals surface area contributed by atoms with Crippen molar-refractivity contribution in [1.29, 1.82) is 0 Å². The van der Waals surface area contributed by atoms with Crippen molar-refractivity contribution in [3.05, 3.63) is 51.6 Å². The summed E-state index contributed by atoms with van der Waals surface area (Å²) in [5.41, 5.74) is 1.51. The quantitative estimate of drug-likeness (QED) is 0.475. The molecule has 0 fully saturated rings. The van der Waals surface area contributed by atoms with Crippen LogP contribution in [0, 0.1) is 0 Å². The second-order valence-electron chi connectivity index (χ2n) is 6.06. The van der Waals surface area contributed by atoms with Gasteiger partial charge in [0.1, 0.15) is 10.7 Å². The number of ether oxygens (including phenoxy) is 2. The largest absolute Gasteiger partial charge is 0.586 e. The minimum Gasteiger partial charge on any atom is -0.395 e. The zero-order valence-corrected chi connectivity index (χ0v) is 16.9. The molecule has 12 heteroatoms. The molecule has 2 aromatic heterocycles. The van der Waals surface area contributed by atoms with Gasteiger partial charge in [-0.1, -0.05) is 0 Å². The van der Waals surface area contributed by atoms with E-state index in [9.17, 15) is 13.6 Å². The number of anilines is 3. The van der Waals surface area contributed by atoms with Crippen LogP contribution in [0.1, 0.15) is 15.4 Å². The highest BCUT2D eigenvalue weighted by Gasteiger charge is 2.43. The number of rotatable bonds is 6. The smallest absolute Gasteiger partial charge is 0.395 e. The highest BCUT2D eigenvalue weighted by Crippen LogP contribution is 2.42. The Morgan fingerprint density at radius 3 is 2.80 bits per heavy atom. The highest BCUT2D eigenvalue weighted by molar-refractivity contribution is 7.12. The van der Waals surface area contributed by atoms with E-state index in [2.05, 4.69) is 35.4 Å². The van der Waals surface area contributed by atoms with Crippen LogP contribution in [0.15, 0.2) is 35.7 Å². The fourth-order valence-corrected chi connectivity index (χ4v) is 3.67. The van der Waals surface area contributed by atoms with Crippen molar-refractivity contribution >= 4 is 46.0 Å². The molecule has 1 aliphatic heterocycles. The predicted octanol–water partition coefficient (Wildman–Crippen LogP) is 4.42. The van der Waals surface area contributed by atoms with E-state index in [0.29, 0.717) is 34.3 Å². The van der Waals surface area contributed by atoms with Crippen LogP contribution >= 0.6 is 22.9 Å². The molecule has 1 amide bonds. The van der Waals surface area contributed by atoms with Crippen LogP contribution in [-0.4, -0.2) is 29.2 Å². The van der Waals surface area contributed by atoms with Gasteiger partial charge < -0.3 is 25.4 Å². The maximum Gasteiger partial charge on any atom is 0.586 e. The zero-order valence-electron chi connectivity index (χ0n) is 15.3. The molecule has 3 N–H and O–H groups in total. The molecule has 0 atom stereocenters. The molecule has 156 valence electrons. The maximum atomic E-state index is 13.1. The van der Waals surface area contributed by atoms with Crippen molar-refractivity contribution in [1.82, 2.24) is 9.97 Å². The molecule has 30 heavy (non-hydrogen) atoms. The Kier molecular flexibility index (Phi) is 5.31. The number of fused-ring (bicyclic) bond motifs is 1. The number of carbonyl (C=O) groups is 1. The Bertz CT molecular complexity index is 1110. The molecule has 0 saturated carbocycles. The van der Waals surface area contributed by atoms with Crippen molar-refractivity contribution in [3.63, 3.8) is 0 Å². The monoisotopic (exact) mass is 453 g/mol. The summed E-state index contributed by atoms with van der Waals surface area (Å²) in [7, 11) is 1.72. The molecular formula is C18H14ClF2N5O3S. The third-order valence-electron chi connectivity index (χ3n) is 4.00. The topological polar surface area (TPSA) is 97.4 Å². The molecule has 0 aliphatic carbocycles. The first kappa shape index (κ1) is 20.1. The molecule has 4 rings (SSSR count). The van der Waals surface area contributed by atoms with E-state index in [1.165, 1.54) is 29.5 Å². The average Bonchev–Trinajstić information content (AvgIpc) is 3.28. The normalized spacial score (nSPS) is 13.7. The Morgan fingerprint density at radius 2 is 2.00 bits per heavy atom. The van der Waals surface area contributed by atoms with E-state index in [1.807, 2.05) is 0 Å². The van der Waals surface area contributed by atoms with E-state index in [4.69, 9.17) is 11.6 Å². The number of amides is 1. The molecule has 0 saturated heterocycles. The van der Waals surface area contributed by atoms with E-state index in [-0.39, 0.29) is 16.8 Å². The molecule has 0 spiro atoms. The first-order valence-corrected chi connectivity index (χ1v) is 9.82. The van der Waals surface area contributed by atoms with Crippen molar-refractivity contribution in [2.24, 2.45) is 0 Å². The minimum absolute atomic E-state index is 0.0964. The summed E-state index contributed by atoms with van der Waals surface area (Å²) < 4.78 is 35.0. The second-order valence-corrected chi connectivity index (χ2v) is 7.32. The molecule has 0 bridgehead atoms. The first-order valence-electron chi connectivity index (χ1n) is 8.57. The number of nitrogens with one attached hydrogen (secondary N) is 3. The van der Waals surface area contributed by atoms with Crippen LogP contribution in [0.5, 0.6) is 11.5 Å². The van der Waals surface area contributed by atoms with Crippen LogP contribution in [-0.2, 0) is 6.54 Å². The van der Waals surface area contributed by atoms with Crippen molar-refractivity contribution in [2.45, 2.75) is 12.8 Å². The average molecular weight is 454 g/mol. The molecular weight excluding hydrogens is 440 g/mol. The minimum atomic E-state index is -3.72. The molecule has 3 heterocycles. The van der Waals surface area contributed by atoms with Gasteiger partial charge in [0, 0.05) is 24.9 Å². The van der Waals surface area contributed by atoms with Gasteiger partial charge in [0.2, 0.25) is 5.28 Å². The third kappa shape index (κ3) is 4.36. The summed E-state index contributed by atoms with van der Waals surface area (Å²) in [5, 5.41) is 10.5. The van der Waals surface area contributed by atoms with E-state index < -0.39 is 12.2 Å². The lowest BCUT2D eigenvalue weighted by Crippen LogP contribution is -2.25. The highest BCUT2D eigenvalue weighted by atomic mass is 35.5. The Hall–Kier alpha value is -3.18. The van der Waals surface area contributed by atoms with Crippen molar-refractivity contribution in [2.75, 3.05) is 23.0 Å². The number of hydrogen-bond donors (Lipinski definition) is 3. The second kappa shape index (κ2) is 7.92. The summed E-state index contributed by atoms with van der Waals surface area (Å²) in [5.74, 6) is -0.0811. The van der Waals surface area contributed by atoms with E-state index >= 15 is 0 Å². The lowest BCUT2D eigenvalue weighted by molar-refractivity contribution is -0.286. The lowest BCUT2D eigenvalue weighted by atomic mass is 10.2. The molecule has 8 nitrogen and oxygen atoms in total. The van der Waals surface area contributed by atoms with Crippen LogP contribution in [0.2, 0.25) is 5.28 Å². The number of alkyl halides is 2. The Balaban J connectivity index is 1.44. The van der Waals surface area contributed by atoms with Crippen LogP contribution in [0.25, 0.3) is 0 Å². The summed E-state index contributed by atoms with van der Waals surface area (Å²) in [6.07, 6.45) is -3.72. The summed E-state index contributed by atoms with van der Waals surface area (Å²) in [4.78, 5) is 21.2. The van der Waals surface area contributed by atoms with Gasteiger partial charge in [0.05, 0.1) is 17.9 Å². The summed E-state index contributed by atoms with van der Waals surface area (Å²) in [6.45, 7) is 0.313. The fraction of sp³-hybridized carbons (Fsp3) is 0.167. The first-order chi connectivity index (χ1) is 14.3. The number of hydrogen-bond acceptors (Lipinski definition) is 8. The van der Waals surface area contributed by atoms with Crippen molar-refractivity contribution < 1.29 is 23.0 Å².